The van der Waals surface area contributed by atoms with Crippen LogP contribution in [0.4, 0.5) is 5.69 Å². The molecule has 1 saturated heterocycles. The number of rotatable bonds is 6. The minimum atomic E-state index is 0.263. The van der Waals surface area contributed by atoms with Gasteiger partial charge in [0.1, 0.15) is 0 Å². The van der Waals surface area contributed by atoms with E-state index in [9.17, 15) is 4.79 Å². The van der Waals surface area contributed by atoms with Crippen molar-refractivity contribution in [1.29, 1.82) is 0 Å². The summed E-state index contributed by atoms with van der Waals surface area (Å²) in [5.74, 6) is 1.14. The molecule has 1 saturated carbocycles. The summed E-state index contributed by atoms with van der Waals surface area (Å²) in [5, 5.41) is 3.17. The van der Waals surface area contributed by atoms with Crippen LogP contribution >= 0.6 is 0 Å². The molecule has 3 atom stereocenters. The number of hydrogen-bond donors (Lipinski definition) is 1. The molecular weight excluding hydrogens is 286 g/mol. The van der Waals surface area contributed by atoms with Gasteiger partial charge in [-0.1, -0.05) is 25.1 Å². The molecular formula is C19H29N3O. The van der Waals surface area contributed by atoms with Crippen LogP contribution < -0.4 is 10.2 Å². The Balaban J connectivity index is 1.35. The monoisotopic (exact) mass is 315 g/mol. The topological polar surface area (TPSA) is 35.6 Å². The first kappa shape index (κ1) is 16.3. The third-order valence-corrected chi connectivity index (χ3v) is 5.21. The largest absolute Gasteiger partial charge is 0.369 e. The van der Waals surface area contributed by atoms with E-state index in [1.165, 1.54) is 5.69 Å². The number of hydrogen-bond acceptors (Lipinski definition) is 3. The number of anilines is 1. The van der Waals surface area contributed by atoms with Crippen LogP contribution in [-0.4, -0.2) is 49.6 Å². The zero-order valence-corrected chi connectivity index (χ0v) is 14.4. The average molecular weight is 315 g/mol. The molecule has 1 heterocycles. The van der Waals surface area contributed by atoms with Crippen molar-refractivity contribution in [3.8, 4) is 0 Å². The quantitative estimate of drug-likeness (QED) is 0.875. The number of amides is 1. The van der Waals surface area contributed by atoms with Crippen molar-refractivity contribution in [2.75, 3.05) is 37.6 Å². The maximum atomic E-state index is 11.9. The molecule has 1 amide bonds. The molecule has 0 unspecified atom stereocenters. The Morgan fingerprint density at radius 2 is 1.87 bits per heavy atom. The summed E-state index contributed by atoms with van der Waals surface area (Å²) in [6, 6.07) is 10.9. The first-order valence-electron chi connectivity index (χ1n) is 8.96. The molecule has 0 spiro atoms. The Morgan fingerprint density at radius 1 is 1.22 bits per heavy atom. The van der Waals surface area contributed by atoms with Gasteiger partial charge < -0.3 is 10.2 Å². The predicted molar refractivity (Wildman–Crippen MR) is 94.6 cm³/mol. The molecule has 3 rings (SSSR count). The number of carbonyl (C=O) groups excluding carboxylic acids is 1. The van der Waals surface area contributed by atoms with E-state index >= 15 is 0 Å². The fourth-order valence-electron chi connectivity index (χ4n) is 3.35. The summed E-state index contributed by atoms with van der Waals surface area (Å²) < 4.78 is 0. The van der Waals surface area contributed by atoms with Crippen molar-refractivity contribution in [2.45, 2.75) is 32.7 Å². The summed E-state index contributed by atoms with van der Waals surface area (Å²) >= 11 is 0. The second-order valence-electron chi connectivity index (χ2n) is 7.18. The first-order valence-corrected chi connectivity index (χ1v) is 8.96. The van der Waals surface area contributed by atoms with Crippen LogP contribution in [0, 0.1) is 11.8 Å². The lowest BCUT2D eigenvalue weighted by molar-refractivity contribution is -0.123. The smallest absolute Gasteiger partial charge is 0.223 e. The van der Waals surface area contributed by atoms with E-state index in [-0.39, 0.29) is 17.9 Å². The summed E-state index contributed by atoms with van der Waals surface area (Å²) in [6.07, 6.45) is 2.11. The van der Waals surface area contributed by atoms with Crippen LogP contribution in [0.25, 0.3) is 0 Å². The zero-order chi connectivity index (χ0) is 16.2. The second-order valence-corrected chi connectivity index (χ2v) is 7.18. The van der Waals surface area contributed by atoms with E-state index in [0.29, 0.717) is 5.92 Å². The number of carbonyl (C=O) groups is 1. The molecule has 1 aromatic carbocycles. The van der Waals surface area contributed by atoms with Gasteiger partial charge in [-0.15, -0.1) is 0 Å². The van der Waals surface area contributed by atoms with Gasteiger partial charge in [0.2, 0.25) is 5.91 Å². The SMILES string of the molecule is C[C@H](CCN1CCN(c2ccccc2)CC1)NC(=O)[C@@H]1C[C@H]1C. The zero-order valence-electron chi connectivity index (χ0n) is 14.4. The van der Waals surface area contributed by atoms with Crippen molar-refractivity contribution in [3.63, 3.8) is 0 Å². The Bertz CT molecular complexity index is 511. The van der Waals surface area contributed by atoms with E-state index in [0.717, 1.165) is 45.6 Å². The molecule has 0 radical (unpaired) electrons. The maximum Gasteiger partial charge on any atom is 0.223 e. The van der Waals surface area contributed by atoms with Crippen molar-refractivity contribution in [2.24, 2.45) is 11.8 Å². The van der Waals surface area contributed by atoms with E-state index < -0.39 is 0 Å². The standard InChI is InChI=1S/C19H29N3O/c1-15-14-18(15)19(23)20-16(2)8-9-21-10-12-22(13-11-21)17-6-4-3-5-7-17/h3-7,15-16,18H,8-14H2,1-2H3,(H,20,23)/t15-,16-,18-/m1/s1. The number of benzene rings is 1. The van der Waals surface area contributed by atoms with Crippen LogP contribution in [-0.2, 0) is 4.79 Å². The molecule has 23 heavy (non-hydrogen) atoms. The highest BCUT2D eigenvalue weighted by Gasteiger charge is 2.39. The summed E-state index contributed by atoms with van der Waals surface area (Å²) in [5.41, 5.74) is 1.33. The van der Waals surface area contributed by atoms with Gasteiger partial charge in [0.05, 0.1) is 0 Å². The third-order valence-electron chi connectivity index (χ3n) is 5.21. The maximum absolute atomic E-state index is 11.9. The normalized spacial score (nSPS) is 25.9. The van der Waals surface area contributed by atoms with Crippen LogP contribution in [0.15, 0.2) is 30.3 Å². The second kappa shape index (κ2) is 7.35. The minimum Gasteiger partial charge on any atom is -0.369 e. The summed E-state index contributed by atoms with van der Waals surface area (Å²) in [7, 11) is 0. The van der Waals surface area contributed by atoms with Gasteiger partial charge in [0.25, 0.3) is 0 Å². The molecule has 2 fully saturated rings. The van der Waals surface area contributed by atoms with E-state index in [2.05, 4.69) is 59.3 Å². The number of para-hydroxylation sites is 1. The molecule has 0 aromatic heterocycles. The first-order chi connectivity index (χ1) is 11.1. The van der Waals surface area contributed by atoms with Gasteiger partial charge >= 0.3 is 0 Å². The number of piperazine rings is 1. The molecule has 4 heteroatoms. The van der Waals surface area contributed by atoms with Crippen molar-refractivity contribution in [1.82, 2.24) is 10.2 Å². The lowest BCUT2D eigenvalue weighted by atomic mass is 10.2. The van der Waals surface area contributed by atoms with Crippen LogP contribution in [0.1, 0.15) is 26.7 Å². The Hall–Kier alpha value is -1.55. The van der Waals surface area contributed by atoms with Crippen LogP contribution in [0.3, 0.4) is 0 Å². The molecule has 1 N–H and O–H groups in total. The van der Waals surface area contributed by atoms with Gasteiger partial charge in [0, 0.05) is 50.4 Å². The number of nitrogens with one attached hydrogen (secondary N) is 1. The Kier molecular flexibility index (Phi) is 5.21. The Morgan fingerprint density at radius 3 is 2.48 bits per heavy atom. The number of nitrogens with zero attached hydrogens (tertiary/aromatic N) is 2. The fraction of sp³-hybridized carbons (Fsp3) is 0.632. The van der Waals surface area contributed by atoms with E-state index in [4.69, 9.17) is 0 Å². The molecule has 1 aromatic rings. The van der Waals surface area contributed by atoms with Gasteiger partial charge in [-0.05, 0) is 37.8 Å². The molecule has 1 aliphatic carbocycles. The van der Waals surface area contributed by atoms with E-state index in [1.807, 2.05) is 0 Å². The van der Waals surface area contributed by atoms with Crippen molar-refractivity contribution >= 4 is 11.6 Å². The van der Waals surface area contributed by atoms with Gasteiger partial charge in [-0.3, -0.25) is 9.69 Å². The highest BCUT2D eigenvalue weighted by atomic mass is 16.2. The van der Waals surface area contributed by atoms with Crippen LogP contribution in [0.2, 0.25) is 0 Å². The minimum absolute atomic E-state index is 0.263. The molecule has 1 aliphatic heterocycles. The lowest BCUT2D eigenvalue weighted by Crippen LogP contribution is -2.47. The van der Waals surface area contributed by atoms with Crippen molar-refractivity contribution in [3.05, 3.63) is 30.3 Å². The summed E-state index contributed by atoms with van der Waals surface area (Å²) in [4.78, 5) is 16.9. The third kappa shape index (κ3) is 4.47. The van der Waals surface area contributed by atoms with Crippen LogP contribution in [0.5, 0.6) is 0 Å². The molecule has 2 aliphatic rings. The highest BCUT2D eigenvalue weighted by Crippen LogP contribution is 2.37. The molecule has 4 nitrogen and oxygen atoms in total. The lowest BCUT2D eigenvalue weighted by Gasteiger charge is -2.36. The van der Waals surface area contributed by atoms with Gasteiger partial charge in [-0.2, -0.15) is 0 Å². The van der Waals surface area contributed by atoms with Gasteiger partial charge in [-0.25, -0.2) is 0 Å². The molecule has 0 bridgehead atoms. The Labute approximate surface area is 139 Å². The van der Waals surface area contributed by atoms with Gasteiger partial charge in [0.15, 0.2) is 0 Å². The predicted octanol–water partition coefficient (Wildman–Crippen LogP) is 2.36. The average Bonchev–Trinajstić information content (AvgIpc) is 3.31. The van der Waals surface area contributed by atoms with E-state index in [1.54, 1.807) is 0 Å². The highest BCUT2D eigenvalue weighted by molar-refractivity contribution is 5.81. The molecule has 126 valence electrons. The van der Waals surface area contributed by atoms with Crippen molar-refractivity contribution < 1.29 is 4.79 Å². The summed E-state index contributed by atoms with van der Waals surface area (Å²) in [6.45, 7) is 9.75. The fourth-order valence-corrected chi connectivity index (χ4v) is 3.35.